The summed E-state index contributed by atoms with van der Waals surface area (Å²) < 4.78 is 11.1. The number of hydrogen-bond acceptors (Lipinski definition) is 10. The van der Waals surface area contributed by atoms with Gasteiger partial charge in [0.15, 0.2) is 5.69 Å². The molecule has 0 bridgehead atoms. The highest BCUT2D eigenvalue weighted by Crippen LogP contribution is 2.24. The molecule has 180 valence electrons. The van der Waals surface area contributed by atoms with E-state index in [2.05, 4.69) is 60.3 Å². The number of likely N-dealkylation sites (tertiary alicyclic amines) is 1. The van der Waals surface area contributed by atoms with Crippen molar-refractivity contribution in [2.24, 2.45) is 11.0 Å². The Balaban J connectivity index is 1.30. The normalized spacial score (nSPS) is 15.1. The Morgan fingerprint density at radius 2 is 2.03 bits per heavy atom. The molecule has 4 heterocycles. The molecule has 1 amide bonds. The lowest BCUT2D eigenvalue weighted by Crippen LogP contribution is -2.35. The number of nitrogens with two attached hydrogens (primary N) is 1. The van der Waals surface area contributed by atoms with Crippen LogP contribution < -0.4 is 11.2 Å². The number of amides is 1. The van der Waals surface area contributed by atoms with E-state index in [4.69, 9.17) is 14.8 Å². The van der Waals surface area contributed by atoms with E-state index in [0.29, 0.717) is 23.7 Å². The topological polar surface area (TPSA) is 153 Å². The van der Waals surface area contributed by atoms with Crippen molar-refractivity contribution in [3.8, 4) is 5.82 Å². The second-order valence-electron chi connectivity index (χ2n) is 8.43. The van der Waals surface area contributed by atoms with E-state index in [1.165, 1.54) is 29.0 Å². The largest absolute Gasteiger partial charge is 0.472 e. The Labute approximate surface area is 200 Å². The molecule has 3 aromatic heterocycles. The molecule has 1 aliphatic heterocycles. The summed E-state index contributed by atoms with van der Waals surface area (Å²) in [6, 6.07) is 12.3. The monoisotopic (exact) mass is 475 g/mol. The van der Waals surface area contributed by atoms with Crippen LogP contribution in [0, 0.1) is 5.92 Å². The molecule has 3 N–H and O–H groups in total. The van der Waals surface area contributed by atoms with Crippen LogP contribution in [0.15, 0.2) is 63.1 Å². The van der Waals surface area contributed by atoms with Gasteiger partial charge in [-0.2, -0.15) is 9.78 Å². The maximum absolute atomic E-state index is 12.9. The number of anilines is 1. The van der Waals surface area contributed by atoms with Gasteiger partial charge < -0.3 is 10.2 Å². The number of carbonyl (C=O) groups is 1. The molecule has 0 unspecified atom stereocenters. The van der Waals surface area contributed by atoms with Crippen LogP contribution in [0.2, 0.25) is 0 Å². The average molecular weight is 476 g/mol. The van der Waals surface area contributed by atoms with Gasteiger partial charge in [-0.25, -0.2) is 10.1 Å². The Bertz CT molecular complexity index is 1270. The molecule has 1 aliphatic rings. The van der Waals surface area contributed by atoms with Crippen molar-refractivity contribution in [2.75, 3.05) is 18.8 Å². The molecular weight excluding hydrogens is 450 g/mol. The summed E-state index contributed by atoms with van der Waals surface area (Å²) >= 11 is 0. The number of nitrogen functional groups attached to an aromatic ring is 1. The lowest BCUT2D eigenvalue weighted by Gasteiger charge is -2.32. The highest BCUT2D eigenvalue weighted by Gasteiger charge is 2.27. The molecule has 1 saturated heterocycles. The predicted molar refractivity (Wildman–Crippen MR) is 126 cm³/mol. The van der Waals surface area contributed by atoms with Crippen molar-refractivity contribution in [3.63, 3.8) is 0 Å². The first-order valence-corrected chi connectivity index (χ1v) is 11.3. The standard InChI is InChI=1S/C23H25N9O3/c24-21-22(29-35-28-21)32-19(20(26-30-32)23(33)27-25-13-18-8-11-34-15-18)14-31-9-6-17(7-10-31)12-16-4-2-1-3-5-16/h1-5,8,11,13,15,17H,6-7,9-10,12,14H2,(H2,24,28)(H,27,33)/b25-13+. The second-order valence-corrected chi connectivity index (χ2v) is 8.43. The fourth-order valence-corrected chi connectivity index (χ4v) is 4.20. The van der Waals surface area contributed by atoms with Gasteiger partial charge >= 0.3 is 0 Å². The average Bonchev–Trinajstić information content (AvgIpc) is 3.63. The minimum atomic E-state index is -0.500. The van der Waals surface area contributed by atoms with Crippen LogP contribution >= 0.6 is 0 Å². The van der Waals surface area contributed by atoms with Gasteiger partial charge in [-0.15, -0.1) is 5.10 Å². The van der Waals surface area contributed by atoms with Gasteiger partial charge in [-0.05, 0) is 60.2 Å². The number of carbonyl (C=O) groups excluding carboxylic acids is 1. The molecule has 1 aromatic carbocycles. The van der Waals surface area contributed by atoms with Gasteiger partial charge in [0.05, 0.1) is 24.4 Å². The number of hydrogen-bond donors (Lipinski definition) is 2. The number of hydrazone groups is 1. The molecule has 0 aliphatic carbocycles. The smallest absolute Gasteiger partial charge is 0.293 e. The molecule has 1 fully saturated rings. The number of rotatable bonds is 8. The lowest BCUT2D eigenvalue weighted by molar-refractivity contribution is 0.0946. The Morgan fingerprint density at radius 1 is 1.20 bits per heavy atom. The van der Waals surface area contributed by atoms with Crippen molar-refractivity contribution in [1.82, 2.24) is 35.6 Å². The van der Waals surface area contributed by atoms with Gasteiger partial charge in [-0.3, -0.25) is 9.69 Å². The molecule has 0 saturated carbocycles. The number of furan rings is 1. The van der Waals surface area contributed by atoms with E-state index in [1.54, 1.807) is 6.07 Å². The molecule has 12 nitrogen and oxygen atoms in total. The highest BCUT2D eigenvalue weighted by molar-refractivity contribution is 5.94. The van der Waals surface area contributed by atoms with E-state index < -0.39 is 5.91 Å². The highest BCUT2D eigenvalue weighted by atomic mass is 16.6. The molecule has 12 heteroatoms. The fraction of sp³-hybridized carbons (Fsp3) is 0.304. The van der Waals surface area contributed by atoms with Crippen molar-refractivity contribution in [1.29, 1.82) is 0 Å². The summed E-state index contributed by atoms with van der Waals surface area (Å²) in [6.07, 6.45) is 7.69. The third kappa shape index (κ3) is 5.27. The maximum atomic E-state index is 12.9. The third-order valence-corrected chi connectivity index (χ3v) is 6.05. The number of nitrogens with one attached hydrogen (secondary N) is 1. The fourth-order valence-electron chi connectivity index (χ4n) is 4.20. The molecule has 0 spiro atoms. The zero-order chi connectivity index (χ0) is 24.0. The summed E-state index contributed by atoms with van der Waals surface area (Å²) in [5.74, 6) is 0.363. The minimum Gasteiger partial charge on any atom is -0.472 e. The van der Waals surface area contributed by atoms with E-state index >= 15 is 0 Å². The summed E-state index contributed by atoms with van der Waals surface area (Å²) in [7, 11) is 0. The molecule has 5 rings (SSSR count). The van der Waals surface area contributed by atoms with Crippen molar-refractivity contribution in [3.05, 3.63) is 71.4 Å². The van der Waals surface area contributed by atoms with E-state index in [1.807, 2.05) is 6.07 Å². The summed E-state index contributed by atoms with van der Waals surface area (Å²) in [5, 5.41) is 19.6. The lowest BCUT2D eigenvalue weighted by atomic mass is 9.90. The van der Waals surface area contributed by atoms with Crippen LogP contribution in [0.3, 0.4) is 0 Å². The first-order chi connectivity index (χ1) is 17.2. The molecule has 0 radical (unpaired) electrons. The van der Waals surface area contributed by atoms with Crippen LogP contribution in [0.25, 0.3) is 5.82 Å². The first-order valence-electron chi connectivity index (χ1n) is 11.3. The molecule has 35 heavy (non-hydrogen) atoms. The van der Waals surface area contributed by atoms with Crippen molar-refractivity contribution >= 4 is 17.9 Å². The van der Waals surface area contributed by atoms with Gasteiger partial charge in [0.2, 0.25) is 11.6 Å². The van der Waals surface area contributed by atoms with Crippen LogP contribution in [0.4, 0.5) is 5.82 Å². The molecular formula is C23H25N9O3. The van der Waals surface area contributed by atoms with Gasteiger partial charge in [-0.1, -0.05) is 35.5 Å². The van der Waals surface area contributed by atoms with Crippen molar-refractivity contribution < 1.29 is 13.8 Å². The predicted octanol–water partition coefficient (Wildman–Crippen LogP) is 2.04. The zero-order valence-corrected chi connectivity index (χ0v) is 18.9. The van der Waals surface area contributed by atoms with Gasteiger partial charge in [0.25, 0.3) is 5.91 Å². The quantitative estimate of drug-likeness (QED) is 0.288. The van der Waals surface area contributed by atoms with Gasteiger partial charge in [0, 0.05) is 12.1 Å². The minimum absolute atomic E-state index is 0.0580. The maximum Gasteiger partial charge on any atom is 0.293 e. The van der Waals surface area contributed by atoms with E-state index in [0.717, 1.165) is 32.4 Å². The van der Waals surface area contributed by atoms with Crippen LogP contribution in [-0.2, 0) is 13.0 Å². The summed E-state index contributed by atoms with van der Waals surface area (Å²) in [4.78, 5) is 15.2. The Hall–Kier alpha value is -4.32. The first kappa shape index (κ1) is 22.5. The SMILES string of the molecule is Nc1nonc1-n1nnc(C(=O)N/N=C/c2ccoc2)c1CN1CCC(Cc2ccccc2)CC1. The van der Waals surface area contributed by atoms with Crippen LogP contribution in [0.5, 0.6) is 0 Å². The second kappa shape index (κ2) is 10.3. The number of aromatic nitrogens is 5. The van der Waals surface area contributed by atoms with Gasteiger partial charge in [0.1, 0.15) is 0 Å². The number of benzene rings is 1. The van der Waals surface area contributed by atoms with Crippen molar-refractivity contribution in [2.45, 2.75) is 25.8 Å². The summed E-state index contributed by atoms with van der Waals surface area (Å²) in [5.41, 5.74) is 11.1. The van der Waals surface area contributed by atoms with Crippen LogP contribution in [-0.4, -0.2) is 55.4 Å². The number of nitrogens with zero attached hydrogens (tertiary/aromatic N) is 7. The molecule has 4 aromatic rings. The van der Waals surface area contributed by atoms with Crippen LogP contribution in [0.1, 0.15) is 40.2 Å². The molecule has 0 atom stereocenters. The Morgan fingerprint density at radius 3 is 2.74 bits per heavy atom. The Kier molecular flexibility index (Phi) is 6.61. The van der Waals surface area contributed by atoms with E-state index in [-0.39, 0.29) is 17.3 Å². The van der Waals surface area contributed by atoms with E-state index in [9.17, 15) is 4.79 Å². The number of piperidine rings is 1. The third-order valence-electron chi connectivity index (χ3n) is 6.05. The zero-order valence-electron chi connectivity index (χ0n) is 18.9. The summed E-state index contributed by atoms with van der Waals surface area (Å²) in [6.45, 7) is 2.20.